The first kappa shape index (κ1) is 18.2. The van der Waals surface area contributed by atoms with E-state index in [9.17, 15) is 4.79 Å². The average molecular weight is 345 g/mol. The van der Waals surface area contributed by atoms with E-state index in [0.717, 1.165) is 57.5 Å². The van der Waals surface area contributed by atoms with Gasteiger partial charge in [0.15, 0.2) is 0 Å². The zero-order valence-corrected chi connectivity index (χ0v) is 15.9. The summed E-state index contributed by atoms with van der Waals surface area (Å²) in [7, 11) is 4.09. The fourth-order valence-electron chi connectivity index (χ4n) is 3.93. The van der Waals surface area contributed by atoms with Gasteiger partial charge in [0.25, 0.3) is 0 Å². The van der Waals surface area contributed by atoms with Gasteiger partial charge in [-0.2, -0.15) is 0 Å². The molecule has 5 heteroatoms. The van der Waals surface area contributed by atoms with E-state index < -0.39 is 0 Å². The van der Waals surface area contributed by atoms with E-state index >= 15 is 0 Å². The molecule has 2 unspecified atom stereocenters. The average Bonchev–Trinajstić information content (AvgIpc) is 3.17. The van der Waals surface area contributed by atoms with Crippen LogP contribution in [0.25, 0.3) is 0 Å². The summed E-state index contributed by atoms with van der Waals surface area (Å²) in [5.41, 5.74) is 2.29. The zero-order valence-electron chi connectivity index (χ0n) is 15.9. The van der Waals surface area contributed by atoms with Crippen molar-refractivity contribution in [2.75, 3.05) is 51.7 Å². The molecule has 0 spiro atoms. The van der Waals surface area contributed by atoms with Crippen LogP contribution in [0.3, 0.4) is 0 Å². The molecule has 0 saturated carbocycles. The van der Waals surface area contributed by atoms with Crippen LogP contribution < -0.4 is 10.2 Å². The third kappa shape index (κ3) is 4.15. The molecule has 5 nitrogen and oxygen atoms in total. The van der Waals surface area contributed by atoms with E-state index in [4.69, 9.17) is 0 Å². The SMILES string of the molecule is CCC1CN(C(C(=O)N2CCCC2)c2ccc(N(C)C)cc2)CCN1. The van der Waals surface area contributed by atoms with Crippen molar-refractivity contribution in [2.24, 2.45) is 0 Å². The van der Waals surface area contributed by atoms with Gasteiger partial charge >= 0.3 is 0 Å². The Hall–Kier alpha value is -1.59. The summed E-state index contributed by atoms with van der Waals surface area (Å²) < 4.78 is 0. The minimum absolute atomic E-state index is 0.148. The second-order valence-electron chi connectivity index (χ2n) is 7.48. The van der Waals surface area contributed by atoms with Gasteiger partial charge in [-0.15, -0.1) is 0 Å². The number of hydrogen-bond donors (Lipinski definition) is 1. The van der Waals surface area contributed by atoms with Gasteiger partial charge in [0.1, 0.15) is 6.04 Å². The Kier molecular flexibility index (Phi) is 5.97. The van der Waals surface area contributed by atoms with Crippen molar-refractivity contribution in [3.63, 3.8) is 0 Å². The second-order valence-corrected chi connectivity index (χ2v) is 7.48. The second kappa shape index (κ2) is 8.19. The highest BCUT2D eigenvalue weighted by Crippen LogP contribution is 2.28. The summed E-state index contributed by atoms with van der Waals surface area (Å²) in [5, 5.41) is 3.56. The minimum atomic E-state index is -0.148. The number of hydrogen-bond acceptors (Lipinski definition) is 4. The third-order valence-corrected chi connectivity index (χ3v) is 5.52. The summed E-state index contributed by atoms with van der Waals surface area (Å²) in [5.74, 6) is 0.284. The number of benzene rings is 1. The van der Waals surface area contributed by atoms with Gasteiger partial charge in [-0.25, -0.2) is 0 Å². The molecule has 2 aliphatic rings. The Morgan fingerprint density at radius 2 is 1.88 bits per heavy atom. The lowest BCUT2D eigenvalue weighted by Crippen LogP contribution is -2.54. The van der Waals surface area contributed by atoms with Crippen molar-refractivity contribution < 1.29 is 4.79 Å². The Bertz CT molecular complexity index is 566. The standard InChI is InChI=1S/C20H32N4O/c1-4-17-15-24(14-11-21-17)19(20(25)23-12-5-6-13-23)16-7-9-18(10-8-16)22(2)3/h7-10,17,19,21H,4-6,11-15H2,1-3H3. The van der Waals surface area contributed by atoms with E-state index in [0.29, 0.717) is 6.04 Å². The van der Waals surface area contributed by atoms with Crippen molar-refractivity contribution in [1.29, 1.82) is 0 Å². The highest BCUT2D eigenvalue weighted by molar-refractivity contribution is 5.83. The molecule has 25 heavy (non-hydrogen) atoms. The Morgan fingerprint density at radius 3 is 2.48 bits per heavy atom. The first-order valence-electron chi connectivity index (χ1n) is 9.63. The topological polar surface area (TPSA) is 38.8 Å². The summed E-state index contributed by atoms with van der Waals surface area (Å²) >= 11 is 0. The number of likely N-dealkylation sites (tertiary alicyclic amines) is 1. The van der Waals surface area contributed by atoms with Gasteiger partial charge in [-0.05, 0) is 37.0 Å². The van der Waals surface area contributed by atoms with Crippen LogP contribution in [0, 0.1) is 0 Å². The van der Waals surface area contributed by atoms with E-state index in [2.05, 4.69) is 51.2 Å². The van der Waals surface area contributed by atoms with Crippen molar-refractivity contribution in [3.8, 4) is 0 Å². The predicted molar refractivity (Wildman–Crippen MR) is 103 cm³/mol. The van der Waals surface area contributed by atoms with E-state index in [1.807, 2.05) is 14.1 Å². The molecule has 2 fully saturated rings. The van der Waals surface area contributed by atoms with Crippen molar-refractivity contribution in [1.82, 2.24) is 15.1 Å². The number of carbonyl (C=O) groups excluding carboxylic acids is 1. The molecule has 1 aromatic rings. The number of nitrogens with one attached hydrogen (secondary N) is 1. The molecule has 0 aromatic heterocycles. The number of carbonyl (C=O) groups is 1. The van der Waals surface area contributed by atoms with E-state index in [1.165, 1.54) is 5.69 Å². The Balaban J connectivity index is 1.86. The quantitative estimate of drug-likeness (QED) is 0.888. The molecular weight excluding hydrogens is 312 g/mol. The maximum absolute atomic E-state index is 13.3. The minimum Gasteiger partial charge on any atom is -0.378 e. The Labute approximate surface area is 152 Å². The molecule has 2 aliphatic heterocycles. The highest BCUT2D eigenvalue weighted by Gasteiger charge is 2.34. The first-order chi connectivity index (χ1) is 12.1. The molecule has 138 valence electrons. The lowest BCUT2D eigenvalue weighted by molar-refractivity contribution is -0.136. The van der Waals surface area contributed by atoms with Crippen LogP contribution in [0.5, 0.6) is 0 Å². The van der Waals surface area contributed by atoms with Crippen LogP contribution >= 0.6 is 0 Å². The van der Waals surface area contributed by atoms with Gasteiger partial charge < -0.3 is 15.1 Å². The Morgan fingerprint density at radius 1 is 1.20 bits per heavy atom. The monoisotopic (exact) mass is 344 g/mol. The molecule has 2 atom stereocenters. The van der Waals surface area contributed by atoms with Crippen LogP contribution in [0.2, 0.25) is 0 Å². The number of piperazine rings is 1. The fraction of sp³-hybridized carbons (Fsp3) is 0.650. The van der Waals surface area contributed by atoms with Gasteiger partial charge in [0.05, 0.1) is 0 Å². The third-order valence-electron chi connectivity index (χ3n) is 5.52. The zero-order chi connectivity index (χ0) is 17.8. The number of rotatable bonds is 5. The normalized spacial score (nSPS) is 22.8. The maximum atomic E-state index is 13.3. The van der Waals surface area contributed by atoms with Gasteiger partial charge in [0.2, 0.25) is 5.91 Å². The van der Waals surface area contributed by atoms with E-state index in [-0.39, 0.29) is 11.9 Å². The van der Waals surface area contributed by atoms with Crippen molar-refractivity contribution >= 4 is 11.6 Å². The largest absolute Gasteiger partial charge is 0.378 e. The first-order valence-corrected chi connectivity index (χ1v) is 9.63. The maximum Gasteiger partial charge on any atom is 0.244 e. The fourth-order valence-corrected chi connectivity index (χ4v) is 3.93. The summed E-state index contributed by atoms with van der Waals surface area (Å²) in [4.78, 5) is 19.9. The summed E-state index contributed by atoms with van der Waals surface area (Å²) in [6.07, 6.45) is 3.37. The summed E-state index contributed by atoms with van der Waals surface area (Å²) in [6.45, 7) is 6.86. The van der Waals surface area contributed by atoms with Crippen LogP contribution in [0.15, 0.2) is 24.3 Å². The molecule has 1 aromatic carbocycles. The molecule has 0 bridgehead atoms. The summed E-state index contributed by atoms with van der Waals surface area (Å²) in [6, 6.07) is 8.85. The van der Waals surface area contributed by atoms with Crippen LogP contribution in [0.4, 0.5) is 5.69 Å². The number of amides is 1. The molecule has 1 amide bonds. The molecule has 2 saturated heterocycles. The van der Waals surface area contributed by atoms with Crippen molar-refractivity contribution in [2.45, 2.75) is 38.3 Å². The van der Waals surface area contributed by atoms with Crippen LogP contribution in [-0.2, 0) is 4.79 Å². The van der Waals surface area contributed by atoms with E-state index in [1.54, 1.807) is 0 Å². The highest BCUT2D eigenvalue weighted by atomic mass is 16.2. The molecule has 0 aliphatic carbocycles. The molecule has 0 radical (unpaired) electrons. The van der Waals surface area contributed by atoms with Crippen LogP contribution in [0.1, 0.15) is 37.8 Å². The smallest absolute Gasteiger partial charge is 0.244 e. The van der Waals surface area contributed by atoms with Gasteiger partial charge in [-0.3, -0.25) is 9.69 Å². The van der Waals surface area contributed by atoms with Gasteiger partial charge in [-0.1, -0.05) is 19.1 Å². The lowest BCUT2D eigenvalue weighted by Gasteiger charge is -2.39. The number of nitrogens with zero attached hydrogens (tertiary/aromatic N) is 3. The molecule has 3 rings (SSSR count). The van der Waals surface area contributed by atoms with Gasteiger partial charge in [0, 0.05) is 58.5 Å². The number of anilines is 1. The molecule has 2 heterocycles. The molecular formula is C20H32N4O. The van der Waals surface area contributed by atoms with Crippen LogP contribution in [-0.4, -0.2) is 68.6 Å². The molecule has 1 N–H and O–H groups in total. The predicted octanol–water partition coefficient (Wildman–Crippen LogP) is 2.10. The van der Waals surface area contributed by atoms with Crippen molar-refractivity contribution in [3.05, 3.63) is 29.8 Å². The lowest BCUT2D eigenvalue weighted by atomic mass is 10.0.